The zero-order valence-electron chi connectivity index (χ0n) is 12.9. The minimum absolute atomic E-state index is 0.0886. The van der Waals surface area contributed by atoms with Crippen molar-refractivity contribution < 1.29 is 8.78 Å². The van der Waals surface area contributed by atoms with Gasteiger partial charge in [0.2, 0.25) is 0 Å². The van der Waals surface area contributed by atoms with E-state index in [1.807, 2.05) is 0 Å². The van der Waals surface area contributed by atoms with Gasteiger partial charge in [-0.2, -0.15) is 0 Å². The summed E-state index contributed by atoms with van der Waals surface area (Å²) in [5.41, 5.74) is 1.43. The lowest BCUT2D eigenvalue weighted by atomic mass is 9.86. The minimum atomic E-state index is -0.779. The molecule has 0 unspecified atom stereocenters. The molecule has 1 aliphatic heterocycles. The lowest BCUT2D eigenvalue weighted by Crippen LogP contribution is -2.54. The van der Waals surface area contributed by atoms with E-state index in [0.29, 0.717) is 11.6 Å². The van der Waals surface area contributed by atoms with E-state index < -0.39 is 11.6 Å². The van der Waals surface area contributed by atoms with Crippen molar-refractivity contribution in [1.29, 1.82) is 0 Å². The van der Waals surface area contributed by atoms with Crippen LogP contribution < -0.4 is 10.2 Å². The molecule has 0 saturated heterocycles. The summed E-state index contributed by atoms with van der Waals surface area (Å²) in [5.74, 6) is -0.877. The fraction of sp³-hybridized carbons (Fsp3) is 0.647. The number of hydrogen-bond acceptors (Lipinski definition) is 2. The van der Waals surface area contributed by atoms with Gasteiger partial charge in [-0.1, -0.05) is 19.3 Å². The fourth-order valence-electron chi connectivity index (χ4n) is 3.61. The Bertz CT molecular complexity index is 522. The monoisotopic (exact) mass is 294 g/mol. The number of rotatable bonds is 2. The average molecular weight is 294 g/mol. The fourth-order valence-corrected chi connectivity index (χ4v) is 3.61. The summed E-state index contributed by atoms with van der Waals surface area (Å²) in [4.78, 5) is 2.28. The average Bonchev–Trinajstić information content (AvgIpc) is 2.46. The molecule has 3 rings (SSSR count). The van der Waals surface area contributed by atoms with Gasteiger partial charge in [0.15, 0.2) is 11.6 Å². The van der Waals surface area contributed by atoms with Gasteiger partial charge in [-0.05, 0) is 32.6 Å². The van der Waals surface area contributed by atoms with E-state index >= 15 is 0 Å². The van der Waals surface area contributed by atoms with Gasteiger partial charge in [0.25, 0.3) is 0 Å². The van der Waals surface area contributed by atoms with Crippen molar-refractivity contribution in [3.63, 3.8) is 0 Å². The van der Waals surface area contributed by atoms with Gasteiger partial charge in [0.05, 0.1) is 16.9 Å². The molecule has 4 heteroatoms. The molecule has 116 valence electrons. The van der Waals surface area contributed by atoms with Crippen molar-refractivity contribution in [3.05, 3.63) is 23.8 Å². The summed E-state index contributed by atoms with van der Waals surface area (Å²) >= 11 is 0. The molecule has 1 aromatic carbocycles. The Labute approximate surface area is 125 Å². The molecule has 1 aliphatic carbocycles. The number of hydrogen-bond donors (Lipinski definition) is 1. The Balaban J connectivity index is 1.91. The molecule has 0 atom stereocenters. The van der Waals surface area contributed by atoms with Crippen LogP contribution in [-0.2, 0) is 0 Å². The number of benzene rings is 1. The van der Waals surface area contributed by atoms with Crippen LogP contribution in [0.15, 0.2) is 12.1 Å². The van der Waals surface area contributed by atoms with Gasteiger partial charge in [-0.25, -0.2) is 8.78 Å². The van der Waals surface area contributed by atoms with Gasteiger partial charge in [0, 0.05) is 25.2 Å². The first-order valence-corrected chi connectivity index (χ1v) is 7.98. The smallest absolute Gasteiger partial charge is 0.161 e. The largest absolute Gasteiger partial charge is 0.381 e. The maximum absolute atomic E-state index is 13.7. The van der Waals surface area contributed by atoms with E-state index in [1.54, 1.807) is 0 Å². The molecule has 1 heterocycles. The van der Waals surface area contributed by atoms with Crippen LogP contribution in [0.1, 0.15) is 46.0 Å². The van der Waals surface area contributed by atoms with Gasteiger partial charge in [-0.15, -0.1) is 0 Å². The zero-order valence-corrected chi connectivity index (χ0v) is 12.9. The van der Waals surface area contributed by atoms with Crippen LogP contribution in [0.3, 0.4) is 0 Å². The topological polar surface area (TPSA) is 15.3 Å². The molecule has 1 N–H and O–H groups in total. The Hall–Kier alpha value is -1.32. The standard InChI is InChI=1S/C17H24F2N2/c1-17(2)11-20-15-8-13(18)14(19)9-16(15)21(17)10-12-6-4-3-5-7-12/h8-9,12,20H,3-7,10-11H2,1-2H3. The number of fused-ring (bicyclic) bond motifs is 1. The number of nitrogens with one attached hydrogen (secondary N) is 1. The van der Waals surface area contributed by atoms with E-state index in [4.69, 9.17) is 0 Å². The summed E-state index contributed by atoms with van der Waals surface area (Å²) in [6.07, 6.45) is 6.42. The Morgan fingerprint density at radius 1 is 1.14 bits per heavy atom. The van der Waals surface area contributed by atoms with Crippen LogP contribution in [-0.4, -0.2) is 18.6 Å². The van der Waals surface area contributed by atoms with Crippen molar-refractivity contribution in [2.24, 2.45) is 5.92 Å². The normalized spacial score (nSPS) is 21.8. The first-order chi connectivity index (χ1) is 9.97. The van der Waals surface area contributed by atoms with Gasteiger partial charge >= 0.3 is 0 Å². The molecular formula is C17H24F2N2. The summed E-state index contributed by atoms with van der Waals surface area (Å²) in [5, 5.41) is 3.24. The number of anilines is 2. The van der Waals surface area contributed by atoms with Crippen LogP contribution in [0.25, 0.3) is 0 Å². The maximum atomic E-state index is 13.7. The summed E-state index contributed by atoms with van der Waals surface area (Å²) in [7, 11) is 0. The molecule has 21 heavy (non-hydrogen) atoms. The third-order valence-corrected chi connectivity index (χ3v) is 4.94. The predicted molar refractivity (Wildman–Crippen MR) is 82.8 cm³/mol. The first-order valence-electron chi connectivity index (χ1n) is 7.98. The van der Waals surface area contributed by atoms with E-state index in [9.17, 15) is 8.78 Å². The van der Waals surface area contributed by atoms with Crippen LogP contribution in [0, 0.1) is 17.6 Å². The Morgan fingerprint density at radius 2 is 1.81 bits per heavy atom. The van der Waals surface area contributed by atoms with E-state index in [2.05, 4.69) is 24.1 Å². The van der Waals surface area contributed by atoms with Crippen molar-refractivity contribution in [2.75, 3.05) is 23.3 Å². The van der Waals surface area contributed by atoms with E-state index in [1.165, 1.54) is 44.2 Å². The van der Waals surface area contributed by atoms with Crippen molar-refractivity contribution in [2.45, 2.75) is 51.5 Å². The van der Waals surface area contributed by atoms with Gasteiger partial charge < -0.3 is 10.2 Å². The second-order valence-electron chi connectivity index (χ2n) is 7.06. The van der Waals surface area contributed by atoms with Crippen LogP contribution in [0.5, 0.6) is 0 Å². The number of halogens is 2. The molecule has 1 aromatic rings. The summed E-state index contributed by atoms with van der Waals surface area (Å²) < 4.78 is 27.1. The summed E-state index contributed by atoms with van der Waals surface area (Å²) in [6.45, 7) is 6.00. The Kier molecular flexibility index (Phi) is 3.80. The van der Waals surface area contributed by atoms with Crippen LogP contribution >= 0.6 is 0 Å². The van der Waals surface area contributed by atoms with Gasteiger partial charge in [-0.3, -0.25) is 0 Å². The SMILES string of the molecule is CC1(C)CNc2cc(F)c(F)cc2N1CC1CCCCC1. The molecule has 0 aromatic heterocycles. The summed E-state index contributed by atoms with van der Waals surface area (Å²) in [6, 6.07) is 2.63. The molecule has 2 nitrogen and oxygen atoms in total. The van der Waals surface area contributed by atoms with E-state index in [0.717, 1.165) is 18.8 Å². The molecule has 1 saturated carbocycles. The molecule has 1 fully saturated rings. The van der Waals surface area contributed by atoms with Crippen molar-refractivity contribution in [1.82, 2.24) is 0 Å². The second-order valence-corrected chi connectivity index (χ2v) is 7.06. The van der Waals surface area contributed by atoms with Crippen molar-refractivity contribution >= 4 is 11.4 Å². The van der Waals surface area contributed by atoms with Gasteiger partial charge in [0.1, 0.15) is 0 Å². The third kappa shape index (κ3) is 2.85. The molecular weight excluding hydrogens is 270 g/mol. The minimum Gasteiger partial charge on any atom is -0.381 e. The zero-order chi connectivity index (χ0) is 15.0. The quantitative estimate of drug-likeness (QED) is 0.860. The van der Waals surface area contributed by atoms with Crippen LogP contribution in [0.2, 0.25) is 0 Å². The molecule has 0 spiro atoms. The van der Waals surface area contributed by atoms with Crippen molar-refractivity contribution in [3.8, 4) is 0 Å². The lowest BCUT2D eigenvalue weighted by molar-refractivity contribution is 0.331. The lowest BCUT2D eigenvalue weighted by Gasteiger charge is -2.47. The van der Waals surface area contributed by atoms with Crippen LogP contribution in [0.4, 0.5) is 20.2 Å². The highest BCUT2D eigenvalue weighted by Crippen LogP contribution is 2.39. The highest BCUT2D eigenvalue weighted by atomic mass is 19.2. The maximum Gasteiger partial charge on any atom is 0.161 e. The third-order valence-electron chi connectivity index (χ3n) is 4.94. The molecule has 0 bridgehead atoms. The Morgan fingerprint density at radius 3 is 2.52 bits per heavy atom. The highest BCUT2D eigenvalue weighted by molar-refractivity contribution is 5.74. The second kappa shape index (κ2) is 5.47. The first kappa shape index (κ1) is 14.6. The van der Waals surface area contributed by atoms with E-state index in [-0.39, 0.29) is 5.54 Å². The molecule has 0 amide bonds. The molecule has 0 radical (unpaired) electrons. The predicted octanol–water partition coefficient (Wildman–Crippen LogP) is 4.56. The highest BCUT2D eigenvalue weighted by Gasteiger charge is 2.35. The number of nitrogens with zero attached hydrogens (tertiary/aromatic N) is 1. The molecule has 2 aliphatic rings.